The molecule has 1 aromatic rings. The van der Waals surface area contributed by atoms with Crippen molar-refractivity contribution < 1.29 is 19.4 Å². The van der Waals surface area contributed by atoms with E-state index in [9.17, 15) is 9.59 Å². The first kappa shape index (κ1) is 15.5. The van der Waals surface area contributed by atoms with Crippen LogP contribution in [0.3, 0.4) is 0 Å². The van der Waals surface area contributed by atoms with Crippen LogP contribution < -0.4 is 0 Å². The first-order valence-corrected chi connectivity index (χ1v) is 7.24. The largest absolute Gasteiger partial charge is 0.478 e. The van der Waals surface area contributed by atoms with E-state index in [1.54, 1.807) is 36.2 Å². The molecule has 0 spiro atoms. The Bertz CT molecular complexity index is 492. The van der Waals surface area contributed by atoms with E-state index in [1.165, 1.54) is 0 Å². The predicted octanol–water partition coefficient (Wildman–Crippen LogP) is 2.30. The summed E-state index contributed by atoms with van der Waals surface area (Å²) in [7, 11) is 1.77. The number of carboxylic acids is 1. The molecule has 1 aromatic carbocycles. The molecule has 1 aliphatic heterocycles. The van der Waals surface area contributed by atoms with Crippen molar-refractivity contribution >= 4 is 11.9 Å². The highest BCUT2D eigenvalue weighted by Gasteiger charge is 2.18. The smallest absolute Gasteiger partial charge is 0.335 e. The normalized spacial score (nSPS) is 17.7. The van der Waals surface area contributed by atoms with Crippen LogP contribution in [0.4, 0.5) is 0 Å². The second kappa shape index (κ2) is 7.22. The molecule has 1 heterocycles. The lowest BCUT2D eigenvalue weighted by Crippen LogP contribution is -2.27. The zero-order valence-corrected chi connectivity index (χ0v) is 12.2. The van der Waals surface area contributed by atoms with Gasteiger partial charge in [0.2, 0.25) is 5.91 Å². The first-order chi connectivity index (χ1) is 10.1. The van der Waals surface area contributed by atoms with Gasteiger partial charge in [-0.3, -0.25) is 4.79 Å². The molecule has 1 N–H and O–H groups in total. The van der Waals surface area contributed by atoms with E-state index in [-0.39, 0.29) is 17.6 Å². The Balaban J connectivity index is 1.80. The summed E-state index contributed by atoms with van der Waals surface area (Å²) in [5.74, 6) is -0.852. The minimum absolute atomic E-state index is 0.0906. The van der Waals surface area contributed by atoms with Gasteiger partial charge in [-0.25, -0.2) is 4.79 Å². The number of hydrogen-bond acceptors (Lipinski definition) is 3. The molecule has 21 heavy (non-hydrogen) atoms. The van der Waals surface area contributed by atoms with Gasteiger partial charge in [0.25, 0.3) is 0 Å². The Morgan fingerprint density at radius 2 is 2.05 bits per heavy atom. The van der Waals surface area contributed by atoms with E-state index in [2.05, 4.69) is 0 Å². The summed E-state index contributed by atoms with van der Waals surface area (Å²) in [6, 6.07) is 6.60. The SMILES string of the molecule is CN(Cc1ccc(C(=O)O)cc1)C(=O)CC[C@@H]1CCCO1. The van der Waals surface area contributed by atoms with E-state index in [4.69, 9.17) is 9.84 Å². The van der Waals surface area contributed by atoms with Crippen molar-refractivity contribution in [1.29, 1.82) is 0 Å². The molecule has 5 nitrogen and oxygen atoms in total. The van der Waals surface area contributed by atoms with E-state index >= 15 is 0 Å². The van der Waals surface area contributed by atoms with Gasteiger partial charge in [0.05, 0.1) is 11.7 Å². The van der Waals surface area contributed by atoms with Gasteiger partial charge in [-0.05, 0) is 37.0 Å². The van der Waals surface area contributed by atoms with Crippen LogP contribution in [0.25, 0.3) is 0 Å². The van der Waals surface area contributed by atoms with Crippen molar-refractivity contribution in [1.82, 2.24) is 4.90 Å². The highest BCUT2D eigenvalue weighted by atomic mass is 16.5. The number of benzene rings is 1. The molecule has 0 radical (unpaired) electrons. The molecule has 0 aliphatic carbocycles. The molecule has 0 bridgehead atoms. The topological polar surface area (TPSA) is 66.8 Å². The van der Waals surface area contributed by atoms with Gasteiger partial charge < -0.3 is 14.7 Å². The highest BCUT2D eigenvalue weighted by molar-refractivity contribution is 5.87. The highest BCUT2D eigenvalue weighted by Crippen LogP contribution is 2.17. The van der Waals surface area contributed by atoms with Crippen molar-refractivity contribution in [3.05, 3.63) is 35.4 Å². The Morgan fingerprint density at radius 3 is 2.62 bits per heavy atom. The van der Waals surface area contributed by atoms with Crippen LogP contribution in [0, 0.1) is 0 Å². The zero-order chi connectivity index (χ0) is 15.2. The average molecular weight is 291 g/mol. The quantitative estimate of drug-likeness (QED) is 0.873. The zero-order valence-electron chi connectivity index (χ0n) is 12.2. The van der Waals surface area contributed by atoms with Crippen LogP contribution in [-0.2, 0) is 16.1 Å². The van der Waals surface area contributed by atoms with Crippen LogP contribution in [-0.4, -0.2) is 41.6 Å². The van der Waals surface area contributed by atoms with E-state index < -0.39 is 5.97 Å². The van der Waals surface area contributed by atoms with Gasteiger partial charge >= 0.3 is 5.97 Å². The summed E-state index contributed by atoms with van der Waals surface area (Å²) in [6.45, 7) is 1.30. The molecule has 0 aromatic heterocycles. The molecule has 114 valence electrons. The number of amides is 1. The number of rotatable bonds is 6. The number of carbonyl (C=O) groups excluding carboxylic acids is 1. The molecule has 1 saturated heterocycles. The first-order valence-electron chi connectivity index (χ1n) is 7.24. The maximum absolute atomic E-state index is 12.1. The molecule has 5 heteroatoms. The summed E-state index contributed by atoms with van der Waals surface area (Å²) in [5.41, 5.74) is 1.18. The van der Waals surface area contributed by atoms with Crippen LogP contribution in [0.5, 0.6) is 0 Å². The monoisotopic (exact) mass is 291 g/mol. The van der Waals surface area contributed by atoms with Gasteiger partial charge in [0.1, 0.15) is 0 Å². The maximum Gasteiger partial charge on any atom is 0.335 e. The second-order valence-corrected chi connectivity index (χ2v) is 5.43. The van der Waals surface area contributed by atoms with E-state index in [0.717, 1.165) is 31.4 Å². The molecule has 0 saturated carbocycles. The van der Waals surface area contributed by atoms with E-state index in [0.29, 0.717) is 13.0 Å². The van der Waals surface area contributed by atoms with Crippen molar-refractivity contribution in [2.45, 2.75) is 38.3 Å². The summed E-state index contributed by atoms with van der Waals surface area (Å²) in [6.07, 6.45) is 3.64. The van der Waals surface area contributed by atoms with Gasteiger partial charge in [-0.2, -0.15) is 0 Å². The predicted molar refractivity (Wildman–Crippen MR) is 78.1 cm³/mol. The fraction of sp³-hybridized carbons (Fsp3) is 0.500. The molecule has 1 aliphatic rings. The minimum Gasteiger partial charge on any atom is -0.478 e. The van der Waals surface area contributed by atoms with Crippen LogP contribution in [0.2, 0.25) is 0 Å². The lowest BCUT2D eigenvalue weighted by atomic mass is 10.1. The average Bonchev–Trinajstić information content (AvgIpc) is 2.98. The number of ether oxygens (including phenoxy) is 1. The van der Waals surface area contributed by atoms with Gasteiger partial charge in [-0.1, -0.05) is 12.1 Å². The molecule has 1 atom stereocenters. The summed E-state index contributed by atoms with van der Waals surface area (Å²) in [5, 5.41) is 8.84. The number of nitrogens with zero attached hydrogens (tertiary/aromatic N) is 1. The molecular formula is C16H21NO4. The van der Waals surface area contributed by atoms with Crippen LogP contribution in [0.1, 0.15) is 41.6 Å². The number of carbonyl (C=O) groups is 2. The third-order valence-corrected chi connectivity index (χ3v) is 3.75. The molecule has 1 amide bonds. The fourth-order valence-corrected chi connectivity index (χ4v) is 2.46. The third kappa shape index (κ3) is 4.56. The maximum atomic E-state index is 12.1. The minimum atomic E-state index is -0.942. The summed E-state index contributed by atoms with van der Waals surface area (Å²) >= 11 is 0. The van der Waals surface area contributed by atoms with Gasteiger partial charge in [-0.15, -0.1) is 0 Å². The molecular weight excluding hydrogens is 270 g/mol. The number of aromatic carboxylic acids is 1. The number of carboxylic acid groups (broad SMARTS) is 1. The van der Waals surface area contributed by atoms with E-state index in [1.807, 2.05) is 0 Å². The Morgan fingerprint density at radius 1 is 1.33 bits per heavy atom. The Kier molecular flexibility index (Phi) is 5.33. The molecule has 2 rings (SSSR count). The number of hydrogen-bond donors (Lipinski definition) is 1. The van der Waals surface area contributed by atoms with Crippen molar-refractivity contribution in [2.75, 3.05) is 13.7 Å². The third-order valence-electron chi connectivity index (χ3n) is 3.75. The second-order valence-electron chi connectivity index (χ2n) is 5.43. The Labute approximate surface area is 124 Å². The van der Waals surface area contributed by atoms with Crippen LogP contribution >= 0.6 is 0 Å². The summed E-state index contributed by atoms with van der Waals surface area (Å²) < 4.78 is 5.51. The van der Waals surface area contributed by atoms with Crippen LogP contribution in [0.15, 0.2) is 24.3 Å². The van der Waals surface area contributed by atoms with Crippen molar-refractivity contribution in [3.8, 4) is 0 Å². The van der Waals surface area contributed by atoms with Crippen molar-refractivity contribution in [3.63, 3.8) is 0 Å². The molecule has 0 unspecified atom stereocenters. The standard InChI is InChI=1S/C16H21NO4/c1-17(15(18)9-8-14-3-2-10-21-14)11-12-4-6-13(7-5-12)16(19)20/h4-7,14H,2-3,8-11H2,1H3,(H,19,20)/t14-/m0/s1. The van der Waals surface area contributed by atoms with Gasteiger partial charge in [0, 0.05) is 26.6 Å². The fourth-order valence-electron chi connectivity index (χ4n) is 2.46. The Hall–Kier alpha value is -1.88. The lowest BCUT2D eigenvalue weighted by molar-refractivity contribution is -0.131. The lowest BCUT2D eigenvalue weighted by Gasteiger charge is -2.18. The summed E-state index contributed by atoms with van der Waals surface area (Å²) in [4.78, 5) is 24.5. The molecule has 1 fully saturated rings. The van der Waals surface area contributed by atoms with Gasteiger partial charge in [0.15, 0.2) is 0 Å². The van der Waals surface area contributed by atoms with Crippen molar-refractivity contribution in [2.24, 2.45) is 0 Å².